The maximum absolute atomic E-state index is 12.4. The normalized spacial score (nSPS) is 12.0. The fourth-order valence-corrected chi connectivity index (χ4v) is 4.74. The molecule has 0 aliphatic rings. The van der Waals surface area contributed by atoms with E-state index in [1.165, 1.54) is 40.7 Å². The topological polar surface area (TPSA) is 135 Å². The molecule has 0 amide bonds. The van der Waals surface area contributed by atoms with Crippen molar-refractivity contribution in [2.45, 2.75) is 30.6 Å². The van der Waals surface area contributed by atoms with Gasteiger partial charge in [-0.1, -0.05) is 13.8 Å². The number of benzene rings is 1. The molecule has 2 aromatic rings. The lowest BCUT2D eigenvalue weighted by molar-refractivity contribution is 0.0526. The number of hydrazine groups is 1. The number of sulfonamides is 2. The summed E-state index contributed by atoms with van der Waals surface area (Å²) in [6, 6.07) is 7.91. The van der Waals surface area contributed by atoms with Gasteiger partial charge in [0.15, 0.2) is 0 Å². The Bertz CT molecular complexity index is 1060. The van der Waals surface area contributed by atoms with E-state index in [-0.39, 0.29) is 27.8 Å². The molecular weight excluding hydrogens is 432 g/mol. The molecule has 1 heterocycles. The first-order valence-corrected chi connectivity index (χ1v) is 12.1. The third-order valence-corrected chi connectivity index (χ3v) is 7.37. The van der Waals surface area contributed by atoms with E-state index in [2.05, 4.69) is 15.2 Å². The maximum Gasteiger partial charge on any atom is 0.338 e. The molecular formula is C18H24N4O6S2. The van der Waals surface area contributed by atoms with Crippen molar-refractivity contribution < 1.29 is 26.4 Å². The Balaban J connectivity index is 2.08. The van der Waals surface area contributed by atoms with Gasteiger partial charge in [-0.25, -0.2) is 26.6 Å². The molecule has 30 heavy (non-hydrogen) atoms. The zero-order chi connectivity index (χ0) is 22.4. The highest BCUT2D eigenvalue weighted by Gasteiger charge is 2.22. The van der Waals surface area contributed by atoms with Crippen LogP contribution in [-0.2, 0) is 24.8 Å². The van der Waals surface area contributed by atoms with Gasteiger partial charge in [0, 0.05) is 19.3 Å². The van der Waals surface area contributed by atoms with Crippen LogP contribution in [0.15, 0.2) is 52.4 Å². The Hall–Kier alpha value is -2.54. The molecule has 12 heteroatoms. The highest BCUT2D eigenvalue weighted by Crippen LogP contribution is 2.16. The number of esters is 1. The number of anilines is 1. The Morgan fingerprint density at radius 3 is 2.07 bits per heavy atom. The lowest BCUT2D eigenvalue weighted by atomic mass is 10.2. The van der Waals surface area contributed by atoms with E-state index in [1.54, 1.807) is 20.8 Å². The number of carbonyl (C=O) groups is 1. The second-order valence-electron chi connectivity index (χ2n) is 5.94. The highest BCUT2D eigenvalue weighted by atomic mass is 32.2. The van der Waals surface area contributed by atoms with Gasteiger partial charge in [-0.15, -0.1) is 4.83 Å². The molecule has 164 valence electrons. The lowest BCUT2D eigenvalue weighted by Gasteiger charge is -2.18. The van der Waals surface area contributed by atoms with Crippen LogP contribution in [0.25, 0.3) is 0 Å². The molecule has 0 fully saturated rings. The molecule has 0 aliphatic carbocycles. The second kappa shape index (κ2) is 9.98. The maximum atomic E-state index is 12.4. The molecule has 1 aromatic carbocycles. The third-order valence-electron chi connectivity index (χ3n) is 4.07. The summed E-state index contributed by atoms with van der Waals surface area (Å²) in [5.74, 6) is -0.434. The van der Waals surface area contributed by atoms with Crippen LogP contribution in [0.4, 0.5) is 5.82 Å². The zero-order valence-corrected chi connectivity index (χ0v) is 18.5. The minimum atomic E-state index is -3.95. The fraction of sp³-hybridized carbons (Fsp3) is 0.333. The summed E-state index contributed by atoms with van der Waals surface area (Å²) in [5, 5.41) is 0. The van der Waals surface area contributed by atoms with Crippen molar-refractivity contribution in [1.82, 2.24) is 14.1 Å². The van der Waals surface area contributed by atoms with Gasteiger partial charge in [0.05, 0.1) is 17.1 Å². The van der Waals surface area contributed by atoms with Gasteiger partial charge in [-0.3, -0.25) is 5.43 Å². The largest absolute Gasteiger partial charge is 0.462 e. The van der Waals surface area contributed by atoms with Gasteiger partial charge < -0.3 is 4.74 Å². The van der Waals surface area contributed by atoms with E-state index in [0.29, 0.717) is 13.1 Å². The first kappa shape index (κ1) is 23.7. The summed E-state index contributed by atoms with van der Waals surface area (Å²) in [7, 11) is -7.61. The van der Waals surface area contributed by atoms with Crippen LogP contribution in [0.2, 0.25) is 0 Å². The number of ether oxygens (including phenoxy) is 1. The van der Waals surface area contributed by atoms with Crippen molar-refractivity contribution in [1.29, 1.82) is 0 Å². The number of hydrogen-bond donors (Lipinski definition) is 2. The van der Waals surface area contributed by atoms with Gasteiger partial charge in [-0.2, -0.15) is 4.31 Å². The number of aromatic nitrogens is 1. The van der Waals surface area contributed by atoms with Gasteiger partial charge in [0.25, 0.3) is 10.0 Å². The SMILES string of the molecule is CCOC(=O)c1ccc(S(=O)(=O)NNc2ccc(S(=O)(=O)N(CC)CC)cn2)cc1. The van der Waals surface area contributed by atoms with E-state index in [0.717, 1.165) is 6.20 Å². The van der Waals surface area contributed by atoms with Crippen molar-refractivity contribution >= 4 is 31.8 Å². The molecule has 0 saturated carbocycles. The van der Waals surface area contributed by atoms with Crippen LogP contribution in [-0.4, -0.2) is 51.8 Å². The molecule has 0 radical (unpaired) electrons. The molecule has 2 N–H and O–H groups in total. The van der Waals surface area contributed by atoms with Crippen molar-refractivity contribution in [2.24, 2.45) is 0 Å². The Labute approximate surface area is 176 Å². The summed E-state index contributed by atoms with van der Waals surface area (Å²) in [6.45, 7) is 6.01. The molecule has 1 aromatic heterocycles. The molecule has 0 spiro atoms. The van der Waals surface area contributed by atoms with Crippen LogP contribution in [0, 0.1) is 0 Å². The molecule has 0 saturated heterocycles. The Kier molecular flexibility index (Phi) is 7.89. The molecule has 2 rings (SSSR count). The summed E-state index contributed by atoms with van der Waals surface area (Å²) < 4.78 is 55.8. The first-order valence-electron chi connectivity index (χ1n) is 9.16. The molecule has 0 atom stereocenters. The zero-order valence-electron chi connectivity index (χ0n) is 16.8. The first-order chi connectivity index (χ1) is 14.2. The van der Waals surface area contributed by atoms with Crippen LogP contribution in [0.5, 0.6) is 0 Å². The number of rotatable bonds is 10. The lowest BCUT2D eigenvalue weighted by Crippen LogP contribution is -2.31. The van der Waals surface area contributed by atoms with E-state index in [9.17, 15) is 21.6 Å². The minimum Gasteiger partial charge on any atom is -0.462 e. The second-order valence-corrected chi connectivity index (χ2v) is 9.56. The van der Waals surface area contributed by atoms with Crippen molar-refractivity contribution in [2.75, 3.05) is 25.1 Å². The average molecular weight is 457 g/mol. The molecule has 10 nitrogen and oxygen atoms in total. The summed E-state index contributed by atoms with van der Waals surface area (Å²) in [6.07, 6.45) is 1.15. The fourth-order valence-electron chi connectivity index (χ4n) is 2.48. The Morgan fingerprint density at radius 2 is 1.57 bits per heavy atom. The van der Waals surface area contributed by atoms with E-state index in [1.807, 2.05) is 0 Å². The van der Waals surface area contributed by atoms with E-state index >= 15 is 0 Å². The van der Waals surface area contributed by atoms with Crippen LogP contribution >= 0.6 is 0 Å². The summed E-state index contributed by atoms with van der Waals surface area (Å²) in [4.78, 5) is 17.7. The monoisotopic (exact) mass is 456 g/mol. The van der Waals surface area contributed by atoms with Gasteiger partial charge in [0.1, 0.15) is 10.7 Å². The van der Waals surface area contributed by atoms with Crippen molar-refractivity contribution in [3.05, 3.63) is 48.2 Å². The number of hydrogen-bond acceptors (Lipinski definition) is 8. The Morgan fingerprint density at radius 1 is 0.967 bits per heavy atom. The predicted molar refractivity (Wildman–Crippen MR) is 111 cm³/mol. The van der Waals surface area contributed by atoms with Crippen molar-refractivity contribution in [3.63, 3.8) is 0 Å². The number of nitrogens with zero attached hydrogens (tertiary/aromatic N) is 2. The summed E-state index contributed by atoms with van der Waals surface area (Å²) >= 11 is 0. The van der Waals surface area contributed by atoms with Crippen LogP contribution in [0.3, 0.4) is 0 Å². The van der Waals surface area contributed by atoms with Crippen molar-refractivity contribution in [3.8, 4) is 0 Å². The standard InChI is InChI=1S/C18H24N4O6S2/c1-4-22(5-2)30(26,27)16-11-12-17(19-13-16)20-21-29(24,25)15-9-7-14(8-10-15)18(23)28-6-3/h7-13,21H,4-6H2,1-3H3,(H,19,20). The molecule has 0 unspecified atom stereocenters. The quantitative estimate of drug-likeness (QED) is 0.407. The van der Waals surface area contributed by atoms with Gasteiger partial charge in [0.2, 0.25) is 10.0 Å². The van der Waals surface area contributed by atoms with Gasteiger partial charge in [-0.05, 0) is 43.3 Å². The van der Waals surface area contributed by atoms with Crippen LogP contribution in [0.1, 0.15) is 31.1 Å². The summed E-state index contributed by atoms with van der Waals surface area (Å²) in [5.41, 5.74) is 2.66. The molecule has 0 bridgehead atoms. The highest BCUT2D eigenvalue weighted by molar-refractivity contribution is 7.89. The number of carbonyl (C=O) groups excluding carboxylic acids is 1. The average Bonchev–Trinajstić information content (AvgIpc) is 2.73. The number of pyridine rings is 1. The predicted octanol–water partition coefficient (Wildman–Crippen LogP) is 1.59. The molecule has 0 aliphatic heterocycles. The van der Waals surface area contributed by atoms with Gasteiger partial charge >= 0.3 is 5.97 Å². The smallest absolute Gasteiger partial charge is 0.338 e. The van der Waals surface area contributed by atoms with E-state index in [4.69, 9.17) is 4.74 Å². The number of nitrogens with one attached hydrogen (secondary N) is 2. The van der Waals surface area contributed by atoms with Crippen LogP contribution < -0.4 is 10.3 Å². The third kappa shape index (κ3) is 5.53. The van der Waals surface area contributed by atoms with E-state index < -0.39 is 26.0 Å². The minimum absolute atomic E-state index is 0.00848.